The van der Waals surface area contributed by atoms with Crippen LogP contribution in [0.3, 0.4) is 0 Å². The van der Waals surface area contributed by atoms with Crippen LogP contribution in [0.1, 0.15) is 18.8 Å². The second kappa shape index (κ2) is 8.34. The van der Waals surface area contributed by atoms with Gasteiger partial charge < -0.3 is 9.72 Å². The van der Waals surface area contributed by atoms with Crippen LogP contribution in [0.25, 0.3) is 10.9 Å². The Hall–Kier alpha value is -2.35. The van der Waals surface area contributed by atoms with Crippen molar-refractivity contribution in [2.75, 3.05) is 33.3 Å². The number of aromatic amines is 1. The van der Waals surface area contributed by atoms with Crippen LogP contribution >= 0.6 is 11.9 Å². The van der Waals surface area contributed by atoms with E-state index >= 15 is 0 Å². The number of fused-ring (bicyclic) bond motifs is 1. The molecule has 1 aliphatic rings. The van der Waals surface area contributed by atoms with Gasteiger partial charge in [-0.1, -0.05) is 12.1 Å². The molecule has 0 aliphatic carbocycles. The molecule has 6 nitrogen and oxygen atoms in total. The Morgan fingerprint density at radius 2 is 1.79 bits per heavy atom. The van der Waals surface area contributed by atoms with Crippen LogP contribution in [-0.2, 0) is 0 Å². The molecular weight excluding hydrogens is 372 g/mol. The Bertz CT molecular complexity index is 997. The van der Waals surface area contributed by atoms with Gasteiger partial charge in [-0.2, -0.15) is 0 Å². The van der Waals surface area contributed by atoms with E-state index in [1.807, 2.05) is 36.4 Å². The van der Waals surface area contributed by atoms with Crippen LogP contribution in [0.2, 0.25) is 0 Å². The lowest BCUT2D eigenvalue weighted by atomic mass is 10.2. The summed E-state index contributed by atoms with van der Waals surface area (Å²) in [6.45, 7) is 5.89. The minimum absolute atomic E-state index is 0.0684. The summed E-state index contributed by atoms with van der Waals surface area (Å²) in [6.07, 6.45) is 0. The highest BCUT2D eigenvalue weighted by molar-refractivity contribution is 7.97. The maximum Gasteiger partial charge on any atom is 0.258 e. The number of piperazine rings is 1. The van der Waals surface area contributed by atoms with Gasteiger partial charge in [0.15, 0.2) is 0 Å². The highest BCUT2D eigenvalue weighted by Crippen LogP contribution is 2.27. The van der Waals surface area contributed by atoms with Crippen molar-refractivity contribution < 1.29 is 4.74 Å². The van der Waals surface area contributed by atoms with Gasteiger partial charge in [-0.25, -0.2) is 9.29 Å². The molecule has 4 rings (SSSR count). The van der Waals surface area contributed by atoms with Crippen molar-refractivity contribution in [1.29, 1.82) is 0 Å². The molecule has 0 amide bonds. The lowest BCUT2D eigenvalue weighted by Crippen LogP contribution is -2.44. The summed E-state index contributed by atoms with van der Waals surface area (Å²) < 4.78 is 7.59. The summed E-state index contributed by atoms with van der Waals surface area (Å²) >= 11 is 1.78. The Morgan fingerprint density at radius 1 is 1.07 bits per heavy atom. The van der Waals surface area contributed by atoms with E-state index in [1.54, 1.807) is 19.1 Å². The lowest BCUT2D eigenvalue weighted by Gasteiger charge is -2.36. The fraction of sp³-hybridized carbons (Fsp3) is 0.333. The van der Waals surface area contributed by atoms with Gasteiger partial charge in [0.05, 0.1) is 24.1 Å². The van der Waals surface area contributed by atoms with Crippen molar-refractivity contribution in [3.63, 3.8) is 0 Å². The number of ether oxygens (including phenoxy) is 1. The fourth-order valence-electron chi connectivity index (χ4n) is 3.44. The number of nitrogens with zero attached hydrogens (tertiary/aromatic N) is 3. The number of H-pyrrole nitrogens is 1. The summed E-state index contributed by atoms with van der Waals surface area (Å²) in [5.41, 5.74) is 0.683. The van der Waals surface area contributed by atoms with E-state index in [4.69, 9.17) is 4.74 Å². The molecule has 3 aromatic rings. The molecule has 1 aromatic heterocycles. The normalized spacial score (nSPS) is 16.9. The zero-order valence-corrected chi connectivity index (χ0v) is 16.9. The van der Waals surface area contributed by atoms with Gasteiger partial charge in [0.2, 0.25) is 0 Å². The Labute approximate surface area is 168 Å². The van der Waals surface area contributed by atoms with Crippen LogP contribution in [0.4, 0.5) is 0 Å². The topological polar surface area (TPSA) is 61.5 Å². The van der Waals surface area contributed by atoms with Gasteiger partial charge in [0.25, 0.3) is 5.56 Å². The lowest BCUT2D eigenvalue weighted by molar-refractivity contribution is 0.146. The SMILES string of the molecule is COc1ccc(SN2CCN(C(C)c3nc4ccccc4c(=O)[nH]3)CC2)cc1. The first-order chi connectivity index (χ1) is 13.6. The molecule has 7 heteroatoms. The Morgan fingerprint density at radius 3 is 2.50 bits per heavy atom. The molecule has 1 aliphatic heterocycles. The smallest absolute Gasteiger partial charge is 0.258 e. The minimum atomic E-state index is -0.0684. The first-order valence-corrected chi connectivity index (χ1v) is 10.2. The first-order valence-electron chi connectivity index (χ1n) is 9.44. The second-order valence-electron chi connectivity index (χ2n) is 6.88. The van der Waals surface area contributed by atoms with E-state index in [1.165, 1.54) is 4.90 Å². The monoisotopic (exact) mass is 396 g/mol. The fourth-order valence-corrected chi connectivity index (χ4v) is 4.34. The third-order valence-electron chi connectivity index (χ3n) is 5.14. The first kappa shape index (κ1) is 19.0. The number of para-hydroxylation sites is 1. The number of aromatic nitrogens is 2. The molecule has 0 saturated carbocycles. The molecular formula is C21H24N4O2S. The molecule has 0 spiro atoms. The average Bonchev–Trinajstić information content (AvgIpc) is 2.74. The number of methoxy groups -OCH3 is 1. The quantitative estimate of drug-likeness (QED) is 0.668. The Kier molecular flexibility index (Phi) is 5.66. The molecule has 2 heterocycles. The second-order valence-corrected chi connectivity index (χ2v) is 8.05. The van der Waals surface area contributed by atoms with E-state index < -0.39 is 0 Å². The molecule has 1 N–H and O–H groups in total. The zero-order chi connectivity index (χ0) is 19.5. The van der Waals surface area contributed by atoms with Gasteiger partial charge in [0.1, 0.15) is 11.6 Å². The van der Waals surface area contributed by atoms with Gasteiger partial charge in [-0.3, -0.25) is 9.69 Å². The highest BCUT2D eigenvalue weighted by Gasteiger charge is 2.24. The average molecular weight is 397 g/mol. The Balaban J connectivity index is 1.39. The number of nitrogens with one attached hydrogen (secondary N) is 1. The van der Waals surface area contributed by atoms with E-state index in [2.05, 4.69) is 38.2 Å². The molecule has 1 fully saturated rings. The summed E-state index contributed by atoms with van der Waals surface area (Å²) in [6, 6.07) is 15.7. The van der Waals surface area contributed by atoms with Gasteiger partial charge in [-0.15, -0.1) is 0 Å². The number of rotatable bonds is 5. The molecule has 28 heavy (non-hydrogen) atoms. The summed E-state index contributed by atoms with van der Waals surface area (Å²) in [7, 11) is 1.68. The van der Waals surface area contributed by atoms with E-state index in [-0.39, 0.29) is 11.6 Å². The van der Waals surface area contributed by atoms with Crippen molar-refractivity contribution >= 4 is 22.9 Å². The number of hydrogen-bond acceptors (Lipinski definition) is 6. The van der Waals surface area contributed by atoms with Crippen molar-refractivity contribution in [2.45, 2.75) is 17.9 Å². The summed E-state index contributed by atoms with van der Waals surface area (Å²) in [5.74, 6) is 1.61. The van der Waals surface area contributed by atoms with Crippen molar-refractivity contribution in [1.82, 2.24) is 19.2 Å². The maximum absolute atomic E-state index is 12.4. The van der Waals surface area contributed by atoms with Gasteiger partial charge in [-0.05, 0) is 55.3 Å². The van der Waals surface area contributed by atoms with Crippen LogP contribution < -0.4 is 10.3 Å². The van der Waals surface area contributed by atoms with Crippen molar-refractivity contribution in [3.8, 4) is 5.75 Å². The number of hydrogen-bond donors (Lipinski definition) is 1. The van der Waals surface area contributed by atoms with Crippen LogP contribution in [0.5, 0.6) is 5.75 Å². The maximum atomic E-state index is 12.4. The standard InChI is InChI=1S/C21H24N4O2S/c1-15(20-22-19-6-4-3-5-18(19)21(26)23-20)24-11-13-25(14-12-24)28-17-9-7-16(27-2)8-10-17/h3-10,15H,11-14H2,1-2H3,(H,22,23,26). The van der Waals surface area contributed by atoms with Gasteiger partial charge in [0, 0.05) is 31.1 Å². The summed E-state index contributed by atoms with van der Waals surface area (Å²) in [4.78, 5) is 23.6. The van der Waals surface area contributed by atoms with Gasteiger partial charge >= 0.3 is 0 Å². The highest BCUT2D eigenvalue weighted by atomic mass is 32.2. The molecule has 0 bridgehead atoms. The molecule has 2 aromatic carbocycles. The summed E-state index contributed by atoms with van der Waals surface area (Å²) in [5, 5.41) is 0.638. The molecule has 146 valence electrons. The van der Waals surface area contributed by atoms with Crippen LogP contribution in [0.15, 0.2) is 58.2 Å². The predicted molar refractivity (Wildman–Crippen MR) is 113 cm³/mol. The molecule has 1 unspecified atom stereocenters. The van der Waals surface area contributed by atoms with Crippen molar-refractivity contribution in [3.05, 3.63) is 64.7 Å². The predicted octanol–water partition coefficient (Wildman–Crippen LogP) is 3.32. The molecule has 0 radical (unpaired) electrons. The zero-order valence-electron chi connectivity index (χ0n) is 16.1. The van der Waals surface area contributed by atoms with Crippen LogP contribution in [0, 0.1) is 0 Å². The number of benzene rings is 2. The van der Waals surface area contributed by atoms with Crippen molar-refractivity contribution in [2.24, 2.45) is 0 Å². The van der Waals surface area contributed by atoms with Crippen LogP contribution in [-0.4, -0.2) is 52.5 Å². The third-order valence-corrected chi connectivity index (χ3v) is 6.25. The van der Waals surface area contributed by atoms with E-state index in [0.29, 0.717) is 5.39 Å². The largest absolute Gasteiger partial charge is 0.497 e. The third kappa shape index (κ3) is 4.06. The molecule has 1 saturated heterocycles. The van der Waals surface area contributed by atoms with E-state index in [9.17, 15) is 4.79 Å². The molecule has 1 atom stereocenters. The minimum Gasteiger partial charge on any atom is -0.497 e. The van der Waals surface area contributed by atoms with E-state index in [0.717, 1.165) is 43.3 Å².